The minimum Gasteiger partial charge on any atom is -0.311 e. The highest BCUT2D eigenvalue weighted by Gasteiger charge is 1.98. The van der Waals surface area contributed by atoms with Crippen LogP contribution in [0.4, 0.5) is 0 Å². The molecule has 2 heteroatoms. The van der Waals surface area contributed by atoms with Crippen molar-refractivity contribution in [2.75, 3.05) is 26.2 Å². The van der Waals surface area contributed by atoms with E-state index in [1.165, 1.54) is 11.1 Å². The zero-order valence-electron chi connectivity index (χ0n) is 9.71. The minimum atomic E-state index is 1.00. The Morgan fingerprint density at radius 3 is 1.69 bits per heavy atom. The van der Waals surface area contributed by atoms with Crippen molar-refractivity contribution in [2.45, 2.75) is 12.8 Å². The second-order valence-electron chi connectivity index (χ2n) is 4.19. The third kappa shape index (κ3) is 3.80. The van der Waals surface area contributed by atoms with Crippen LogP contribution in [-0.4, -0.2) is 26.2 Å². The van der Waals surface area contributed by atoms with Crippen LogP contribution in [0, 0.1) is 0 Å². The molecule has 0 bridgehead atoms. The van der Waals surface area contributed by atoms with E-state index < -0.39 is 0 Å². The number of rotatable bonds is 7. The third-order valence-electron chi connectivity index (χ3n) is 2.83. The molecule has 2 nitrogen and oxygen atoms in total. The summed E-state index contributed by atoms with van der Waals surface area (Å²) in [6.07, 6.45) is 15.6. The first-order valence-electron chi connectivity index (χ1n) is 6.08. The van der Waals surface area contributed by atoms with Gasteiger partial charge in [-0.25, -0.2) is 0 Å². The van der Waals surface area contributed by atoms with Crippen LogP contribution in [0.1, 0.15) is 12.8 Å². The van der Waals surface area contributed by atoms with E-state index in [2.05, 4.69) is 47.1 Å². The Balaban J connectivity index is 1.46. The lowest BCUT2D eigenvalue weighted by atomic mass is 10.3. The monoisotopic (exact) mass is 216 g/mol. The molecule has 0 amide bonds. The van der Waals surface area contributed by atoms with Gasteiger partial charge in [0.2, 0.25) is 0 Å². The number of nitrogens with one attached hydrogen (secondary N) is 2. The van der Waals surface area contributed by atoms with Gasteiger partial charge in [0.05, 0.1) is 0 Å². The zero-order chi connectivity index (χ0) is 11.1. The Labute approximate surface area is 97.8 Å². The van der Waals surface area contributed by atoms with E-state index in [-0.39, 0.29) is 0 Å². The highest BCUT2D eigenvalue weighted by atomic mass is 14.9. The summed E-state index contributed by atoms with van der Waals surface area (Å²) in [5, 5.41) is 6.87. The van der Waals surface area contributed by atoms with Crippen LogP contribution in [0.15, 0.2) is 47.6 Å². The van der Waals surface area contributed by atoms with Gasteiger partial charge >= 0.3 is 0 Å². The normalized spacial score (nSPS) is 18.0. The topological polar surface area (TPSA) is 24.1 Å². The van der Waals surface area contributed by atoms with Crippen LogP contribution in [0.5, 0.6) is 0 Å². The molecule has 0 fully saturated rings. The van der Waals surface area contributed by atoms with Gasteiger partial charge in [0, 0.05) is 26.2 Å². The molecule has 0 radical (unpaired) electrons. The lowest BCUT2D eigenvalue weighted by Gasteiger charge is -2.06. The fourth-order valence-electron chi connectivity index (χ4n) is 1.92. The maximum atomic E-state index is 3.43. The number of hydrogen-bond donors (Lipinski definition) is 2. The maximum Gasteiger partial charge on any atom is 0.0202 e. The van der Waals surface area contributed by atoms with E-state index in [1.54, 1.807) is 0 Å². The lowest BCUT2D eigenvalue weighted by Crippen LogP contribution is -2.29. The first kappa shape index (κ1) is 11.4. The van der Waals surface area contributed by atoms with Gasteiger partial charge < -0.3 is 10.6 Å². The Bertz CT molecular complexity index is 301. The lowest BCUT2D eigenvalue weighted by molar-refractivity contribution is 0.658. The van der Waals surface area contributed by atoms with Gasteiger partial charge in [0.1, 0.15) is 0 Å². The van der Waals surface area contributed by atoms with Crippen molar-refractivity contribution in [1.82, 2.24) is 10.6 Å². The largest absolute Gasteiger partial charge is 0.311 e. The Hall–Kier alpha value is -1.12. The maximum absolute atomic E-state index is 3.43. The molecule has 0 saturated heterocycles. The van der Waals surface area contributed by atoms with Gasteiger partial charge in [-0.3, -0.25) is 0 Å². The van der Waals surface area contributed by atoms with Gasteiger partial charge in [-0.1, -0.05) is 36.5 Å². The summed E-state index contributed by atoms with van der Waals surface area (Å²) in [6, 6.07) is 0. The quantitative estimate of drug-likeness (QED) is 0.636. The molecule has 2 N–H and O–H groups in total. The summed E-state index contributed by atoms with van der Waals surface area (Å²) < 4.78 is 0. The molecule has 2 rings (SSSR count). The third-order valence-corrected chi connectivity index (χ3v) is 2.83. The molecule has 0 unspecified atom stereocenters. The molecule has 0 heterocycles. The van der Waals surface area contributed by atoms with Gasteiger partial charge in [-0.05, 0) is 24.0 Å². The standard InChI is InChI=1S/C14H20N2/c1-2-6-13(5-1)11-15-9-10-16-12-14-7-3-4-8-14/h1,3,5-8,15-16H,2,4,9-12H2. The molecule has 0 aliphatic heterocycles. The molecule has 16 heavy (non-hydrogen) atoms. The predicted molar refractivity (Wildman–Crippen MR) is 69.4 cm³/mol. The van der Waals surface area contributed by atoms with E-state index in [1.807, 2.05) is 0 Å². The van der Waals surface area contributed by atoms with E-state index in [0.717, 1.165) is 39.0 Å². The molecule has 0 spiro atoms. The average molecular weight is 216 g/mol. The second-order valence-corrected chi connectivity index (χ2v) is 4.19. The van der Waals surface area contributed by atoms with E-state index >= 15 is 0 Å². The van der Waals surface area contributed by atoms with Crippen molar-refractivity contribution in [1.29, 1.82) is 0 Å². The molecular formula is C14H20N2. The average Bonchev–Trinajstić information content (AvgIpc) is 2.96. The Morgan fingerprint density at radius 2 is 1.31 bits per heavy atom. The van der Waals surface area contributed by atoms with Crippen LogP contribution in [0.3, 0.4) is 0 Å². The Kier molecular flexibility index (Phi) is 4.59. The van der Waals surface area contributed by atoms with Crippen molar-refractivity contribution in [3.63, 3.8) is 0 Å². The molecule has 86 valence electrons. The smallest absolute Gasteiger partial charge is 0.0202 e. The second kappa shape index (κ2) is 6.46. The van der Waals surface area contributed by atoms with Crippen molar-refractivity contribution >= 4 is 0 Å². The van der Waals surface area contributed by atoms with Crippen LogP contribution >= 0.6 is 0 Å². The van der Waals surface area contributed by atoms with Gasteiger partial charge in [0.25, 0.3) is 0 Å². The molecule has 0 saturated carbocycles. The molecule has 0 aromatic carbocycles. The van der Waals surface area contributed by atoms with Crippen LogP contribution < -0.4 is 10.6 Å². The van der Waals surface area contributed by atoms with Crippen molar-refractivity contribution in [2.24, 2.45) is 0 Å². The first-order valence-corrected chi connectivity index (χ1v) is 6.08. The summed E-state index contributed by atoms with van der Waals surface area (Å²) in [5.41, 5.74) is 2.84. The fourth-order valence-corrected chi connectivity index (χ4v) is 1.92. The van der Waals surface area contributed by atoms with Crippen molar-refractivity contribution in [3.05, 3.63) is 47.6 Å². The number of hydrogen-bond acceptors (Lipinski definition) is 2. The SMILES string of the molecule is C1=CC(CNCCNCC2=CCC=C2)=CC1. The molecule has 2 aliphatic carbocycles. The molecular weight excluding hydrogens is 196 g/mol. The van der Waals surface area contributed by atoms with Gasteiger partial charge in [-0.2, -0.15) is 0 Å². The highest BCUT2D eigenvalue weighted by molar-refractivity contribution is 5.27. The van der Waals surface area contributed by atoms with Crippen molar-refractivity contribution < 1.29 is 0 Å². The molecule has 0 aromatic heterocycles. The minimum absolute atomic E-state index is 1.00. The van der Waals surface area contributed by atoms with Crippen molar-refractivity contribution in [3.8, 4) is 0 Å². The zero-order valence-corrected chi connectivity index (χ0v) is 9.71. The van der Waals surface area contributed by atoms with E-state index in [0.29, 0.717) is 0 Å². The predicted octanol–water partition coefficient (Wildman–Crippen LogP) is 1.94. The summed E-state index contributed by atoms with van der Waals surface area (Å²) in [5.74, 6) is 0. The fraction of sp³-hybridized carbons (Fsp3) is 0.429. The van der Waals surface area contributed by atoms with Gasteiger partial charge in [0.15, 0.2) is 0 Å². The summed E-state index contributed by atoms with van der Waals surface area (Å²) in [7, 11) is 0. The van der Waals surface area contributed by atoms with Crippen LogP contribution in [0.2, 0.25) is 0 Å². The molecule has 0 atom stereocenters. The van der Waals surface area contributed by atoms with E-state index in [9.17, 15) is 0 Å². The molecule has 0 aromatic rings. The summed E-state index contributed by atoms with van der Waals surface area (Å²) >= 11 is 0. The summed E-state index contributed by atoms with van der Waals surface area (Å²) in [4.78, 5) is 0. The van der Waals surface area contributed by atoms with Crippen LogP contribution in [0.25, 0.3) is 0 Å². The molecule has 2 aliphatic rings. The van der Waals surface area contributed by atoms with Gasteiger partial charge in [-0.15, -0.1) is 0 Å². The first-order chi connectivity index (χ1) is 7.95. The Morgan fingerprint density at radius 1 is 0.812 bits per heavy atom. The highest BCUT2D eigenvalue weighted by Crippen LogP contribution is 2.07. The van der Waals surface area contributed by atoms with E-state index in [4.69, 9.17) is 0 Å². The summed E-state index contributed by atoms with van der Waals surface area (Å²) in [6.45, 7) is 4.06. The number of allylic oxidation sites excluding steroid dienone is 4. The van der Waals surface area contributed by atoms with Crippen LogP contribution in [-0.2, 0) is 0 Å².